The van der Waals surface area contributed by atoms with E-state index in [1.807, 2.05) is 0 Å². The minimum absolute atomic E-state index is 0.183. The van der Waals surface area contributed by atoms with Crippen LogP contribution in [-0.4, -0.2) is 25.8 Å². The number of fused-ring (bicyclic) bond motifs is 1. The van der Waals surface area contributed by atoms with E-state index in [2.05, 4.69) is 13.8 Å². The summed E-state index contributed by atoms with van der Waals surface area (Å²) < 4.78 is 10.5. The minimum Gasteiger partial charge on any atom is -0.493 e. The van der Waals surface area contributed by atoms with Crippen LogP contribution in [0, 0.1) is 0 Å². The van der Waals surface area contributed by atoms with Crippen LogP contribution in [0.1, 0.15) is 60.2 Å². The van der Waals surface area contributed by atoms with Crippen molar-refractivity contribution in [1.29, 1.82) is 0 Å². The van der Waals surface area contributed by atoms with Crippen molar-refractivity contribution in [3.63, 3.8) is 0 Å². The summed E-state index contributed by atoms with van der Waals surface area (Å²) in [7, 11) is 3.03. The van der Waals surface area contributed by atoms with Gasteiger partial charge in [-0.25, -0.2) is 0 Å². The molecule has 0 spiro atoms. The van der Waals surface area contributed by atoms with E-state index >= 15 is 0 Å². The molecule has 1 aromatic carbocycles. The molecule has 0 N–H and O–H groups in total. The first-order valence-electron chi connectivity index (χ1n) is 7.66. The average molecular weight is 302 g/mol. The molecule has 1 aromatic rings. The topological polar surface area (TPSA) is 52.6 Å². The summed E-state index contributed by atoms with van der Waals surface area (Å²) in [5.74, 6) is 0.572. The molecule has 0 amide bonds. The first-order valence-corrected chi connectivity index (χ1v) is 7.66. The number of allylic oxidation sites excluding steroid dienone is 2. The molecule has 0 bridgehead atoms. The monoisotopic (exact) mass is 302 g/mol. The van der Waals surface area contributed by atoms with Crippen molar-refractivity contribution in [2.75, 3.05) is 14.2 Å². The summed E-state index contributed by atoms with van der Waals surface area (Å²) >= 11 is 0. The van der Waals surface area contributed by atoms with Crippen LogP contribution < -0.4 is 9.47 Å². The standard InChI is InChI=1S/C18H22O4/c1-5-7-11(8-6-2)16-17(19)12-9-14(21-3)15(22-4)10-13(12)18(16)20/h9-10H,5-8H2,1-4H3. The molecular formula is C18H22O4. The maximum absolute atomic E-state index is 12.7. The molecule has 1 aliphatic rings. The molecule has 0 aliphatic heterocycles. The van der Waals surface area contributed by atoms with Crippen molar-refractivity contribution in [3.8, 4) is 11.5 Å². The first kappa shape index (κ1) is 16.3. The summed E-state index contributed by atoms with van der Waals surface area (Å²) in [6.45, 7) is 4.11. The van der Waals surface area contributed by atoms with Gasteiger partial charge in [-0.3, -0.25) is 9.59 Å². The lowest BCUT2D eigenvalue weighted by molar-refractivity contribution is 0.0986. The summed E-state index contributed by atoms with van der Waals surface area (Å²) in [6.07, 6.45) is 3.40. The second-order valence-electron chi connectivity index (χ2n) is 5.39. The van der Waals surface area contributed by atoms with E-state index in [-0.39, 0.29) is 11.6 Å². The molecule has 0 saturated carbocycles. The van der Waals surface area contributed by atoms with Crippen LogP contribution >= 0.6 is 0 Å². The van der Waals surface area contributed by atoms with Gasteiger partial charge in [-0.05, 0) is 25.0 Å². The molecule has 22 heavy (non-hydrogen) atoms. The fourth-order valence-corrected chi connectivity index (χ4v) is 2.93. The molecule has 0 atom stereocenters. The zero-order valence-electron chi connectivity index (χ0n) is 13.6. The highest BCUT2D eigenvalue weighted by atomic mass is 16.5. The van der Waals surface area contributed by atoms with Crippen LogP contribution in [0.4, 0.5) is 0 Å². The van der Waals surface area contributed by atoms with Crippen LogP contribution in [0.15, 0.2) is 23.3 Å². The quantitative estimate of drug-likeness (QED) is 0.589. The van der Waals surface area contributed by atoms with Crippen molar-refractivity contribution in [1.82, 2.24) is 0 Å². The summed E-state index contributed by atoms with van der Waals surface area (Å²) in [5, 5.41) is 0. The summed E-state index contributed by atoms with van der Waals surface area (Å²) in [5.41, 5.74) is 2.16. The molecule has 0 fully saturated rings. The van der Waals surface area contributed by atoms with Gasteiger partial charge in [0.1, 0.15) is 0 Å². The average Bonchev–Trinajstić information content (AvgIpc) is 2.76. The highest BCUT2D eigenvalue weighted by Gasteiger charge is 2.36. The Kier molecular flexibility index (Phi) is 5.01. The second kappa shape index (κ2) is 6.77. The highest BCUT2D eigenvalue weighted by Crippen LogP contribution is 2.38. The van der Waals surface area contributed by atoms with E-state index in [1.165, 1.54) is 14.2 Å². The molecule has 1 aliphatic carbocycles. The molecular weight excluding hydrogens is 280 g/mol. The maximum atomic E-state index is 12.7. The van der Waals surface area contributed by atoms with E-state index in [0.29, 0.717) is 28.2 Å². The highest BCUT2D eigenvalue weighted by molar-refractivity contribution is 6.40. The largest absolute Gasteiger partial charge is 0.493 e. The number of hydrogen-bond donors (Lipinski definition) is 0. The lowest BCUT2D eigenvalue weighted by Crippen LogP contribution is -2.06. The number of ether oxygens (including phenoxy) is 2. The van der Waals surface area contributed by atoms with Crippen molar-refractivity contribution in [3.05, 3.63) is 34.4 Å². The van der Waals surface area contributed by atoms with E-state index in [4.69, 9.17) is 9.47 Å². The number of ketones is 2. The Bertz CT molecular complexity index is 588. The van der Waals surface area contributed by atoms with Gasteiger partial charge in [0, 0.05) is 11.1 Å². The predicted octanol–water partition coefficient (Wildman–Crippen LogP) is 3.98. The van der Waals surface area contributed by atoms with Crippen molar-refractivity contribution < 1.29 is 19.1 Å². The van der Waals surface area contributed by atoms with Gasteiger partial charge in [-0.15, -0.1) is 0 Å². The van der Waals surface area contributed by atoms with Gasteiger partial charge in [0.15, 0.2) is 23.1 Å². The Labute approximate surface area is 131 Å². The smallest absolute Gasteiger partial charge is 0.197 e. The lowest BCUT2D eigenvalue weighted by atomic mass is 9.96. The van der Waals surface area contributed by atoms with E-state index in [9.17, 15) is 9.59 Å². The number of Topliss-reactive ketones (excluding diaryl/α,β-unsaturated/α-hetero) is 2. The maximum Gasteiger partial charge on any atom is 0.197 e. The molecule has 118 valence electrons. The number of carbonyl (C=O) groups is 2. The normalized spacial score (nSPS) is 13.4. The van der Waals surface area contributed by atoms with E-state index in [0.717, 1.165) is 31.3 Å². The van der Waals surface area contributed by atoms with Gasteiger partial charge in [-0.2, -0.15) is 0 Å². The molecule has 0 saturated heterocycles. The minimum atomic E-state index is -0.183. The van der Waals surface area contributed by atoms with Crippen LogP contribution in [0.2, 0.25) is 0 Å². The van der Waals surface area contributed by atoms with E-state index in [1.54, 1.807) is 12.1 Å². The molecule has 0 unspecified atom stereocenters. The number of carbonyl (C=O) groups excluding carboxylic acids is 2. The molecule has 0 radical (unpaired) electrons. The molecule has 4 heteroatoms. The summed E-state index contributed by atoms with van der Waals surface area (Å²) in [6, 6.07) is 3.22. The molecule has 0 aromatic heterocycles. The van der Waals surface area contributed by atoms with Gasteiger partial charge in [0.2, 0.25) is 0 Å². The van der Waals surface area contributed by atoms with Crippen LogP contribution in [0.5, 0.6) is 11.5 Å². The van der Waals surface area contributed by atoms with Crippen LogP contribution in [0.3, 0.4) is 0 Å². The zero-order chi connectivity index (χ0) is 16.3. The second-order valence-corrected chi connectivity index (χ2v) is 5.39. The Hall–Kier alpha value is -2.10. The van der Waals surface area contributed by atoms with Gasteiger partial charge >= 0.3 is 0 Å². The van der Waals surface area contributed by atoms with Crippen molar-refractivity contribution in [2.24, 2.45) is 0 Å². The molecule has 2 rings (SSSR count). The third-order valence-electron chi connectivity index (χ3n) is 3.92. The number of hydrogen-bond acceptors (Lipinski definition) is 4. The molecule has 4 nitrogen and oxygen atoms in total. The lowest BCUT2D eigenvalue weighted by Gasteiger charge is -2.08. The predicted molar refractivity (Wildman–Crippen MR) is 85.0 cm³/mol. The Morgan fingerprint density at radius 1 is 0.864 bits per heavy atom. The fraction of sp³-hybridized carbons (Fsp3) is 0.444. The third-order valence-corrected chi connectivity index (χ3v) is 3.92. The Morgan fingerprint density at radius 3 is 1.59 bits per heavy atom. The van der Waals surface area contributed by atoms with Crippen molar-refractivity contribution in [2.45, 2.75) is 39.5 Å². The molecule has 0 heterocycles. The van der Waals surface area contributed by atoms with Gasteiger partial charge in [0.05, 0.1) is 19.8 Å². The SMILES string of the molecule is CCCC(CCC)=C1C(=O)c2cc(OC)c(OC)cc2C1=O. The Morgan fingerprint density at radius 2 is 1.27 bits per heavy atom. The number of methoxy groups -OCH3 is 2. The number of rotatable bonds is 6. The van der Waals surface area contributed by atoms with Crippen LogP contribution in [0.25, 0.3) is 0 Å². The van der Waals surface area contributed by atoms with Crippen LogP contribution in [-0.2, 0) is 0 Å². The van der Waals surface area contributed by atoms with Gasteiger partial charge in [0.25, 0.3) is 0 Å². The first-order chi connectivity index (χ1) is 10.6. The Balaban J connectivity index is 2.59. The van der Waals surface area contributed by atoms with E-state index < -0.39 is 0 Å². The third kappa shape index (κ3) is 2.65. The van der Waals surface area contributed by atoms with Crippen molar-refractivity contribution >= 4 is 11.6 Å². The summed E-state index contributed by atoms with van der Waals surface area (Å²) in [4.78, 5) is 25.4. The number of benzene rings is 1. The van der Waals surface area contributed by atoms with Gasteiger partial charge < -0.3 is 9.47 Å². The zero-order valence-corrected chi connectivity index (χ0v) is 13.6. The van der Waals surface area contributed by atoms with Gasteiger partial charge in [-0.1, -0.05) is 32.3 Å². The fourth-order valence-electron chi connectivity index (χ4n) is 2.93.